The lowest BCUT2D eigenvalue weighted by molar-refractivity contribution is -0.122. The average molecular weight is 177 g/mol. The van der Waals surface area contributed by atoms with E-state index in [1.54, 1.807) is 5.43 Å². The fourth-order valence-electron chi connectivity index (χ4n) is 0.362. The van der Waals surface area contributed by atoms with Crippen LogP contribution < -0.4 is 28.0 Å². The maximum atomic E-state index is 10.5. The number of nitrogens with two attached hydrogens (primary N) is 2. The highest BCUT2D eigenvalue weighted by Crippen LogP contribution is 1.77. The number of rotatable bonds is 4. The molecular formula is C4H11N5O3. The van der Waals surface area contributed by atoms with E-state index in [9.17, 15) is 9.59 Å². The van der Waals surface area contributed by atoms with E-state index < -0.39 is 6.03 Å². The Morgan fingerprint density at radius 2 is 1.92 bits per heavy atom. The molecule has 70 valence electrons. The third kappa shape index (κ3) is 5.41. The van der Waals surface area contributed by atoms with E-state index in [-0.39, 0.29) is 18.9 Å². The van der Waals surface area contributed by atoms with Crippen LogP contribution in [0.15, 0.2) is 0 Å². The maximum Gasteiger partial charge on any atom is 0.352 e. The van der Waals surface area contributed by atoms with E-state index in [4.69, 9.17) is 11.7 Å². The van der Waals surface area contributed by atoms with Crippen LogP contribution in [0.3, 0.4) is 0 Å². The molecule has 12 heavy (non-hydrogen) atoms. The van der Waals surface area contributed by atoms with E-state index >= 15 is 0 Å². The number of carbonyl (C=O) groups is 2. The van der Waals surface area contributed by atoms with Gasteiger partial charge in [-0.15, -0.1) is 0 Å². The molecule has 0 unspecified atom stereocenters. The van der Waals surface area contributed by atoms with Gasteiger partial charge in [-0.25, -0.2) is 22.0 Å². The molecule has 0 aromatic rings. The molecule has 0 rings (SSSR count). The van der Waals surface area contributed by atoms with Crippen molar-refractivity contribution >= 4 is 11.9 Å². The summed E-state index contributed by atoms with van der Waals surface area (Å²) in [6.07, 6.45) is 0.0569. The number of amides is 3. The van der Waals surface area contributed by atoms with Crippen molar-refractivity contribution in [3.8, 4) is 0 Å². The third-order valence-corrected chi connectivity index (χ3v) is 0.888. The van der Waals surface area contributed by atoms with Crippen molar-refractivity contribution in [1.82, 2.24) is 16.3 Å². The molecule has 8 heteroatoms. The summed E-state index contributed by atoms with van der Waals surface area (Å²) < 4.78 is 0. The zero-order valence-electron chi connectivity index (χ0n) is 6.29. The molecule has 8 nitrogen and oxygen atoms in total. The van der Waals surface area contributed by atoms with Crippen molar-refractivity contribution in [3.05, 3.63) is 0 Å². The highest BCUT2D eigenvalue weighted by atomic mass is 16.7. The predicted octanol–water partition coefficient (Wildman–Crippen LogP) is -2.53. The topological polar surface area (TPSA) is 132 Å². The molecule has 0 atom stereocenters. The number of nitrogens with one attached hydrogen (secondary N) is 3. The second-order valence-electron chi connectivity index (χ2n) is 1.74. The quantitative estimate of drug-likeness (QED) is 0.140. The van der Waals surface area contributed by atoms with Gasteiger partial charge in [0.2, 0.25) is 5.91 Å². The zero-order chi connectivity index (χ0) is 9.40. The largest absolute Gasteiger partial charge is 0.352 e. The Hall–Kier alpha value is -1.38. The fraction of sp³-hybridized carbons (Fsp3) is 0.500. The predicted molar refractivity (Wildman–Crippen MR) is 38.8 cm³/mol. The number of hydrazine groups is 2. The molecule has 0 fully saturated rings. The first-order chi connectivity index (χ1) is 5.70. The Morgan fingerprint density at radius 3 is 2.42 bits per heavy atom. The summed E-state index contributed by atoms with van der Waals surface area (Å²) in [5.74, 6) is 9.08. The smallest absolute Gasteiger partial charge is 0.294 e. The van der Waals surface area contributed by atoms with E-state index in [0.717, 1.165) is 0 Å². The first-order valence-electron chi connectivity index (χ1n) is 3.08. The van der Waals surface area contributed by atoms with Crippen molar-refractivity contribution in [2.24, 2.45) is 11.7 Å². The summed E-state index contributed by atoms with van der Waals surface area (Å²) in [7, 11) is 0. The second kappa shape index (κ2) is 6.34. The van der Waals surface area contributed by atoms with E-state index in [1.165, 1.54) is 0 Å². The Morgan fingerprint density at radius 1 is 1.25 bits per heavy atom. The van der Waals surface area contributed by atoms with E-state index in [2.05, 4.69) is 4.84 Å². The van der Waals surface area contributed by atoms with Gasteiger partial charge in [0, 0.05) is 0 Å². The molecule has 0 spiro atoms. The van der Waals surface area contributed by atoms with Gasteiger partial charge in [-0.1, -0.05) is 0 Å². The van der Waals surface area contributed by atoms with Crippen LogP contribution in [-0.2, 0) is 9.63 Å². The van der Waals surface area contributed by atoms with E-state index in [1.807, 2.05) is 10.9 Å². The van der Waals surface area contributed by atoms with Gasteiger partial charge in [0.1, 0.15) is 0 Å². The summed E-state index contributed by atoms with van der Waals surface area (Å²) in [5, 5.41) is 0. The molecule has 0 saturated heterocycles. The summed E-state index contributed by atoms with van der Waals surface area (Å²) in [5.41, 5.74) is 5.58. The van der Waals surface area contributed by atoms with Gasteiger partial charge in [0.25, 0.3) is 0 Å². The molecule has 0 aromatic carbocycles. The van der Waals surface area contributed by atoms with Crippen LogP contribution in [0.2, 0.25) is 0 Å². The summed E-state index contributed by atoms with van der Waals surface area (Å²) >= 11 is 0. The number of hydrogen-bond donors (Lipinski definition) is 5. The second-order valence-corrected chi connectivity index (χ2v) is 1.74. The highest BCUT2D eigenvalue weighted by molar-refractivity contribution is 5.75. The minimum atomic E-state index is -0.692. The van der Waals surface area contributed by atoms with Crippen LogP contribution >= 0.6 is 0 Å². The fourth-order valence-corrected chi connectivity index (χ4v) is 0.362. The van der Waals surface area contributed by atoms with E-state index in [0.29, 0.717) is 0 Å². The molecule has 0 aliphatic rings. The molecule has 0 heterocycles. The molecular weight excluding hydrogens is 166 g/mol. The van der Waals surface area contributed by atoms with Crippen molar-refractivity contribution in [3.63, 3.8) is 0 Å². The van der Waals surface area contributed by atoms with Gasteiger partial charge < -0.3 is 0 Å². The standard InChI is InChI=1S/C4H11N5O3/c5-7-3(10)1-2-12-9-4(11)8-6/h1-2,5-6H2,(H,7,10)(H2,8,9,11). The molecule has 0 bridgehead atoms. The summed E-state index contributed by atoms with van der Waals surface area (Å²) in [6.45, 7) is 0.0243. The lowest BCUT2D eigenvalue weighted by Crippen LogP contribution is -2.40. The molecule has 0 radical (unpaired) electrons. The van der Waals surface area contributed by atoms with Gasteiger partial charge in [-0.3, -0.25) is 20.5 Å². The van der Waals surface area contributed by atoms with Crippen LogP contribution in [-0.4, -0.2) is 18.5 Å². The van der Waals surface area contributed by atoms with Crippen LogP contribution in [0, 0.1) is 0 Å². The first-order valence-corrected chi connectivity index (χ1v) is 3.08. The summed E-state index contributed by atoms with van der Waals surface area (Å²) in [4.78, 5) is 25.3. The monoisotopic (exact) mass is 177 g/mol. The Kier molecular flexibility index (Phi) is 5.61. The van der Waals surface area contributed by atoms with Gasteiger partial charge in [0.05, 0.1) is 13.0 Å². The Bertz CT molecular complexity index is 143. The molecule has 7 N–H and O–H groups in total. The number of hydroxylamine groups is 1. The third-order valence-electron chi connectivity index (χ3n) is 0.888. The average Bonchev–Trinajstić information content (AvgIpc) is 2.11. The number of hydrogen-bond acceptors (Lipinski definition) is 5. The van der Waals surface area contributed by atoms with Gasteiger partial charge in [-0.05, 0) is 0 Å². The molecule has 0 aliphatic heterocycles. The minimum Gasteiger partial charge on any atom is -0.294 e. The lowest BCUT2D eigenvalue weighted by atomic mass is 10.4. The van der Waals surface area contributed by atoms with Crippen molar-refractivity contribution in [2.75, 3.05) is 6.61 Å². The van der Waals surface area contributed by atoms with Crippen LogP contribution in [0.4, 0.5) is 4.79 Å². The van der Waals surface area contributed by atoms with Crippen molar-refractivity contribution < 1.29 is 14.4 Å². The SMILES string of the molecule is NNC(=O)CCONC(=O)NN. The van der Waals surface area contributed by atoms with Crippen LogP contribution in [0.1, 0.15) is 6.42 Å². The number of urea groups is 1. The highest BCUT2D eigenvalue weighted by Gasteiger charge is 1.99. The van der Waals surface area contributed by atoms with Crippen molar-refractivity contribution in [1.29, 1.82) is 0 Å². The van der Waals surface area contributed by atoms with Gasteiger partial charge in [-0.2, -0.15) is 0 Å². The van der Waals surface area contributed by atoms with Gasteiger partial charge >= 0.3 is 6.03 Å². The molecule has 3 amide bonds. The minimum absolute atomic E-state index is 0.0243. The van der Waals surface area contributed by atoms with Crippen LogP contribution in [0.25, 0.3) is 0 Å². The Balaban J connectivity index is 3.21. The van der Waals surface area contributed by atoms with Crippen LogP contribution in [0.5, 0.6) is 0 Å². The first kappa shape index (κ1) is 10.6. The molecule has 0 aromatic heterocycles. The molecule has 0 aliphatic carbocycles. The molecule has 0 saturated carbocycles. The van der Waals surface area contributed by atoms with Gasteiger partial charge in [0.15, 0.2) is 0 Å². The summed E-state index contributed by atoms with van der Waals surface area (Å²) in [6, 6.07) is -0.692. The Labute approximate surface area is 68.5 Å². The van der Waals surface area contributed by atoms with Crippen molar-refractivity contribution in [2.45, 2.75) is 6.42 Å². The zero-order valence-corrected chi connectivity index (χ0v) is 6.29. The number of carbonyl (C=O) groups excluding carboxylic acids is 2. The maximum absolute atomic E-state index is 10.5. The lowest BCUT2D eigenvalue weighted by Gasteiger charge is -2.03. The normalized spacial score (nSPS) is 8.83.